The van der Waals surface area contributed by atoms with E-state index in [1.807, 2.05) is 25.2 Å². The number of imidazole rings is 1. The fourth-order valence-electron chi connectivity index (χ4n) is 2.37. The van der Waals surface area contributed by atoms with E-state index >= 15 is 0 Å². The van der Waals surface area contributed by atoms with E-state index in [4.69, 9.17) is 4.74 Å². The van der Waals surface area contributed by atoms with Gasteiger partial charge in [-0.1, -0.05) is 0 Å². The zero-order chi connectivity index (χ0) is 13.0. The van der Waals surface area contributed by atoms with E-state index in [0.717, 1.165) is 38.2 Å². The van der Waals surface area contributed by atoms with Crippen molar-refractivity contribution in [3.8, 4) is 0 Å². The van der Waals surface area contributed by atoms with Crippen LogP contribution in [0.2, 0.25) is 0 Å². The normalized spacial score (nSPS) is 17.1. The second-order valence-electron chi connectivity index (χ2n) is 5.19. The third-order valence-electron chi connectivity index (χ3n) is 3.54. The maximum Gasteiger partial charge on any atom is 0.204 e. The van der Waals surface area contributed by atoms with Gasteiger partial charge in [-0.05, 0) is 25.3 Å². The number of rotatable bonds is 5. The summed E-state index contributed by atoms with van der Waals surface area (Å²) in [5, 5.41) is 3.53. The minimum absolute atomic E-state index is 0.764. The average molecular weight is 252 g/mol. The monoisotopic (exact) mass is 252 g/mol. The first-order valence-corrected chi connectivity index (χ1v) is 6.65. The number of nitrogens with one attached hydrogen (secondary N) is 1. The van der Waals surface area contributed by atoms with E-state index in [1.165, 1.54) is 18.5 Å². The Hall–Kier alpha value is -1.07. The molecule has 1 aliphatic heterocycles. The van der Waals surface area contributed by atoms with Crippen LogP contribution in [-0.4, -0.2) is 43.4 Å². The van der Waals surface area contributed by atoms with Crippen molar-refractivity contribution in [3.63, 3.8) is 0 Å². The quantitative estimate of drug-likeness (QED) is 0.849. The molecule has 0 bridgehead atoms. The third kappa shape index (κ3) is 3.23. The molecule has 1 N–H and O–H groups in total. The third-order valence-corrected chi connectivity index (χ3v) is 3.54. The first-order valence-electron chi connectivity index (χ1n) is 6.65. The summed E-state index contributed by atoms with van der Waals surface area (Å²) < 4.78 is 7.50. The summed E-state index contributed by atoms with van der Waals surface area (Å²) in [6.45, 7) is 3.80. The number of nitrogens with zero attached hydrogens (tertiary/aromatic N) is 3. The van der Waals surface area contributed by atoms with Crippen molar-refractivity contribution in [2.45, 2.75) is 19.4 Å². The Balaban J connectivity index is 1.79. The highest BCUT2D eigenvalue weighted by Gasteiger charge is 2.13. The van der Waals surface area contributed by atoms with E-state index in [0.29, 0.717) is 0 Å². The predicted octanol–water partition coefficient (Wildman–Crippen LogP) is 1.00. The number of ether oxygens (including phenoxy) is 1. The van der Waals surface area contributed by atoms with Crippen LogP contribution in [-0.2, 0) is 18.3 Å². The van der Waals surface area contributed by atoms with Crippen LogP contribution in [0.4, 0.5) is 5.95 Å². The SMILES string of the molecule is CN(C)c1ncc(CNCC2CCOCC2)n1C. The summed E-state index contributed by atoms with van der Waals surface area (Å²) in [6.07, 6.45) is 4.31. The van der Waals surface area contributed by atoms with E-state index in [1.54, 1.807) is 0 Å². The van der Waals surface area contributed by atoms with Gasteiger partial charge in [0.1, 0.15) is 0 Å². The van der Waals surface area contributed by atoms with Crippen molar-refractivity contribution in [1.82, 2.24) is 14.9 Å². The standard InChI is InChI=1S/C13H24N4O/c1-16(2)13-15-10-12(17(13)3)9-14-8-11-4-6-18-7-5-11/h10-11,14H,4-9H2,1-3H3. The Kier molecular flexibility index (Phi) is 4.60. The molecule has 1 saturated heterocycles. The molecule has 2 rings (SSSR count). The molecule has 0 aliphatic carbocycles. The summed E-state index contributed by atoms with van der Waals surface area (Å²) in [5.74, 6) is 1.76. The highest BCUT2D eigenvalue weighted by atomic mass is 16.5. The molecule has 102 valence electrons. The molecule has 1 aliphatic rings. The Morgan fingerprint density at radius 3 is 2.78 bits per heavy atom. The van der Waals surface area contributed by atoms with E-state index < -0.39 is 0 Å². The van der Waals surface area contributed by atoms with Crippen LogP contribution in [0.15, 0.2) is 6.20 Å². The van der Waals surface area contributed by atoms with Crippen LogP contribution in [0, 0.1) is 5.92 Å². The van der Waals surface area contributed by atoms with Gasteiger partial charge in [-0.2, -0.15) is 0 Å². The van der Waals surface area contributed by atoms with Crippen molar-refractivity contribution in [3.05, 3.63) is 11.9 Å². The molecule has 1 aromatic rings. The molecule has 2 heterocycles. The molecule has 0 amide bonds. The molecule has 0 atom stereocenters. The van der Waals surface area contributed by atoms with E-state index in [2.05, 4.69) is 21.9 Å². The minimum Gasteiger partial charge on any atom is -0.381 e. The molecule has 0 saturated carbocycles. The maximum atomic E-state index is 5.37. The molecular formula is C13H24N4O. The molecule has 0 aromatic carbocycles. The van der Waals surface area contributed by atoms with Gasteiger partial charge in [0.05, 0.1) is 11.9 Å². The van der Waals surface area contributed by atoms with Crippen LogP contribution in [0.1, 0.15) is 18.5 Å². The van der Waals surface area contributed by atoms with Gasteiger partial charge in [0, 0.05) is 40.9 Å². The average Bonchev–Trinajstić information content (AvgIpc) is 2.73. The molecular weight excluding hydrogens is 228 g/mol. The fraction of sp³-hybridized carbons (Fsp3) is 0.769. The Morgan fingerprint density at radius 2 is 2.17 bits per heavy atom. The summed E-state index contributed by atoms with van der Waals surface area (Å²) in [6, 6.07) is 0. The second-order valence-corrected chi connectivity index (χ2v) is 5.19. The molecule has 0 unspecified atom stereocenters. The van der Waals surface area contributed by atoms with Crippen LogP contribution >= 0.6 is 0 Å². The van der Waals surface area contributed by atoms with Gasteiger partial charge in [0.15, 0.2) is 0 Å². The van der Waals surface area contributed by atoms with Gasteiger partial charge in [-0.25, -0.2) is 4.98 Å². The number of anilines is 1. The van der Waals surface area contributed by atoms with Gasteiger partial charge in [-0.3, -0.25) is 0 Å². The van der Waals surface area contributed by atoms with Gasteiger partial charge >= 0.3 is 0 Å². The highest BCUT2D eigenvalue weighted by Crippen LogP contribution is 2.14. The smallest absolute Gasteiger partial charge is 0.204 e. The topological polar surface area (TPSA) is 42.3 Å². The van der Waals surface area contributed by atoms with Crippen molar-refractivity contribution in [1.29, 1.82) is 0 Å². The molecule has 18 heavy (non-hydrogen) atoms. The molecule has 0 radical (unpaired) electrons. The fourth-order valence-corrected chi connectivity index (χ4v) is 2.37. The maximum absolute atomic E-state index is 5.37. The van der Waals surface area contributed by atoms with Crippen molar-refractivity contribution in [2.75, 3.05) is 38.8 Å². The first-order chi connectivity index (χ1) is 8.68. The lowest BCUT2D eigenvalue weighted by atomic mass is 10.0. The zero-order valence-corrected chi connectivity index (χ0v) is 11.6. The second kappa shape index (κ2) is 6.20. The van der Waals surface area contributed by atoms with Gasteiger partial charge < -0.3 is 19.5 Å². The summed E-state index contributed by atoms with van der Waals surface area (Å²) in [5.41, 5.74) is 1.23. The van der Waals surface area contributed by atoms with Crippen LogP contribution < -0.4 is 10.2 Å². The molecule has 1 fully saturated rings. The van der Waals surface area contributed by atoms with E-state index in [-0.39, 0.29) is 0 Å². The van der Waals surface area contributed by atoms with E-state index in [9.17, 15) is 0 Å². The van der Waals surface area contributed by atoms with Crippen LogP contribution in [0.5, 0.6) is 0 Å². The predicted molar refractivity (Wildman–Crippen MR) is 72.8 cm³/mol. The summed E-state index contributed by atoms with van der Waals surface area (Å²) >= 11 is 0. The Morgan fingerprint density at radius 1 is 1.44 bits per heavy atom. The first kappa shape index (κ1) is 13.4. The van der Waals surface area contributed by atoms with Crippen molar-refractivity contribution in [2.24, 2.45) is 13.0 Å². The largest absolute Gasteiger partial charge is 0.381 e. The molecule has 5 heteroatoms. The lowest BCUT2D eigenvalue weighted by Gasteiger charge is -2.22. The Labute approximate surface area is 109 Å². The zero-order valence-electron chi connectivity index (χ0n) is 11.6. The molecule has 0 spiro atoms. The summed E-state index contributed by atoms with van der Waals surface area (Å²) in [4.78, 5) is 6.44. The summed E-state index contributed by atoms with van der Waals surface area (Å²) in [7, 11) is 6.09. The lowest BCUT2D eigenvalue weighted by Crippen LogP contribution is -2.28. The minimum atomic E-state index is 0.764. The van der Waals surface area contributed by atoms with Crippen molar-refractivity contribution >= 4 is 5.95 Å². The van der Waals surface area contributed by atoms with Gasteiger partial charge in [0.2, 0.25) is 5.95 Å². The molecule has 5 nitrogen and oxygen atoms in total. The lowest BCUT2D eigenvalue weighted by molar-refractivity contribution is 0.0662. The number of aromatic nitrogens is 2. The molecule has 1 aromatic heterocycles. The van der Waals surface area contributed by atoms with Gasteiger partial charge in [0.25, 0.3) is 0 Å². The number of hydrogen-bond donors (Lipinski definition) is 1. The van der Waals surface area contributed by atoms with Crippen LogP contribution in [0.3, 0.4) is 0 Å². The van der Waals surface area contributed by atoms with Crippen molar-refractivity contribution < 1.29 is 4.74 Å². The Bertz CT molecular complexity index is 369. The number of hydrogen-bond acceptors (Lipinski definition) is 4. The van der Waals surface area contributed by atoms with Crippen LogP contribution in [0.25, 0.3) is 0 Å². The highest BCUT2D eigenvalue weighted by molar-refractivity contribution is 5.30. The van der Waals surface area contributed by atoms with Gasteiger partial charge in [-0.15, -0.1) is 0 Å².